The Balaban J connectivity index is 0.000000302. The highest BCUT2D eigenvalue weighted by molar-refractivity contribution is 5.88. The number of fused-ring (bicyclic) bond motifs is 4. The van der Waals surface area contributed by atoms with Crippen LogP contribution in [0.5, 0.6) is 0 Å². The van der Waals surface area contributed by atoms with Gasteiger partial charge in [0.1, 0.15) is 0 Å². The average Bonchev–Trinajstić information content (AvgIpc) is 3.66. The smallest absolute Gasteiger partial charge is 0.336 e. The fraction of sp³-hybridized carbons (Fsp3) is 0.647. The van der Waals surface area contributed by atoms with Crippen LogP contribution in [0.2, 0.25) is 0 Å². The molecule has 0 unspecified atom stereocenters. The number of benzene rings is 1. The lowest BCUT2D eigenvalue weighted by Crippen LogP contribution is -2.60. The molecule has 1 aromatic heterocycles. The molecule has 0 radical (unpaired) electrons. The van der Waals surface area contributed by atoms with E-state index < -0.39 is 36.4 Å². The van der Waals surface area contributed by atoms with Gasteiger partial charge in [0.2, 0.25) is 5.91 Å². The number of aliphatic hydroxyl groups is 1. The third kappa shape index (κ3) is 7.04. The topological polar surface area (TPSA) is 171 Å². The van der Waals surface area contributed by atoms with E-state index in [2.05, 4.69) is 60.1 Å². The number of nitrogens with one attached hydrogen (secondary N) is 1. The van der Waals surface area contributed by atoms with Crippen LogP contribution in [-0.4, -0.2) is 90.8 Å². The van der Waals surface area contributed by atoms with E-state index in [0.717, 1.165) is 38.6 Å². The van der Waals surface area contributed by atoms with Crippen LogP contribution in [0.1, 0.15) is 102 Å². The van der Waals surface area contributed by atoms with E-state index in [1.165, 1.54) is 67.1 Å². The lowest BCUT2D eigenvalue weighted by Gasteiger charge is -2.55. The molecule has 2 saturated carbocycles. The molecule has 0 saturated heterocycles. The molecule has 5 rings (SSSR count). The van der Waals surface area contributed by atoms with Crippen molar-refractivity contribution in [2.75, 3.05) is 20.6 Å². The van der Waals surface area contributed by atoms with E-state index in [4.69, 9.17) is 20.4 Å². The van der Waals surface area contributed by atoms with Gasteiger partial charge in [-0.3, -0.25) is 14.4 Å². The molecule has 2 fully saturated rings. The zero-order chi connectivity index (χ0) is 33.0. The Morgan fingerprint density at radius 2 is 1.58 bits per heavy atom. The Morgan fingerprint density at radius 3 is 2.11 bits per heavy atom. The molecule has 3 aliphatic rings. The predicted molar refractivity (Wildman–Crippen MR) is 169 cm³/mol. The fourth-order valence-electron chi connectivity index (χ4n) is 7.93. The zero-order valence-electron chi connectivity index (χ0n) is 26.8. The number of para-hydroxylation sites is 1. The van der Waals surface area contributed by atoms with Crippen LogP contribution >= 0.6 is 0 Å². The molecule has 11 heteroatoms. The van der Waals surface area contributed by atoms with Crippen molar-refractivity contribution in [3.05, 3.63) is 35.5 Å². The molecule has 2 aliphatic carbocycles. The fourth-order valence-corrected chi connectivity index (χ4v) is 7.93. The van der Waals surface area contributed by atoms with Gasteiger partial charge in [-0.2, -0.15) is 0 Å². The number of aromatic nitrogens is 1. The summed E-state index contributed by atoms with van der Waals surface area (Å²) in [5, 5.41) is 35.2. The Morgan fingerprint density at radius 1 is 0.978 bits per heavy atom. The Hall–Kier alpha value is -3.44. The Labute approximate surface area is 264 Å². The van der Waals surface area contributed by atoms with Gasteiger partial charge in [0, 0.05) is 34.6 Å². The molecule has 2 aromatic rings. The summed E-state index contributed by atoms with van der Waals surface area (Å²) in [6.45, 7) is 3.18. The summed E-state index contributed by atoms with van der Waals surface area (Å²) in [6.07, 6.45) is 11.6. The quantitative estimate of drug-likeness (QED) is 0.249. The van der Waals surface area contributed by atoms with Crippen molar-refractivity contribution in [2.45, 2.75) is 113 Å². The number of amides is 1. The summed E-state index contributed by atoms with van der Waals surface area (Å²) < 4.78 is 0. The van der Waals surface area contributed by atoms with Crippen molar-refractivity contribution < 1.29 is 39.6 Å². The highest BCUT2D eigenvalue weighted by Crippen LogP contribution is 2.52. The molecular weight excluding hydrogens is 578 g/mol. The maximum Gasteiger partial charge on any atom is 0.336 e. The van der Waals surface area contributed by atoms with E-state index in [1.807, 2.05) is 0 Å². The molecule has 0 atom stereocenters. The van der Waals surface area contributed by atoms with Gasteiger partial charge in [-0.1, -0.05) is 50.8 Å². The first kappa shape index (κ1) is 34.4. The van der Waals surface area contributed by atoms with Gasteiger partial charge in [0.25, 0.3) is 0 Å². The minimum atomic E-state index is -2.74. The van der Waals surface area contributed by atoms with Gasteiger partial charge in [-0.15, -0.1) is 0 Å². The second kappa shape index (κ2) is 13.9. The summed E-state index contributed by atoms with van der Waals surface area (Å²) in [7, 11) is 4.54. The first-order valence-electron chi connectivity index (χ1n) is 16.3. The molecule has 11 nitrogen and oxygen atoms in total. The molecule has 1 spiro atoms. The third-order valence-electron chi connectivity index (χ3n) is 10.6. The number of hydrogen-bond acceptors (Lipinski definition) is 6. The molecule has 5 N–H and O–H groups in total. The van der Waals surface area contributed by atoms with Crippen molar-refractivity contribution in [3.8, 4) is 0 Å². The number of H-pyrrole nitrogens is 1. The SMILES string of the molecule is CCCCC1(N(C)C)CCC2(CC1)c1[nH]c3ccccc3c1CCN2C(=O)C1CCCC1.O=C(O)CC(O)(CC(=O)O)C(=O)O. The highest BCUT2D eigenvalue weighted by atomic mass is 16.4. The zero-order valence-corrected chi connectivity index (χ0v) is 26.8. The van der Waals surface area contributed by atoms with E-state index in [0.29, 0.717) is 5.91 Å². The number of rotatable bonds is 10. The van der Waals surface area contributed by atoms with Crippen LogP contribution in [0.25, 0.3) is 10.9 Å². The van der Waals surface area contributed by atoms with E-state index in [9.17, 15) is 19.2 Å². The number of carbonyl (C=O) groups excluding carboxylic acids is 1. The molecule has 45 heavy (non-hydrogen) atoms. The van der Waals surface area contributed by atoms with Crippen LogP contribution in [0.15, 0.2) is 24.3 Å². The molecule has 248 valence electrons. The first-order valence-corrected chi connectivity index (χ1v) is 16.3. The number of aliphatic carboxylic acids is 3. The van der Waals surface area contributed by atoms with Crippen molar-refractivity contribution in [3.63, 3.8) is 0 Å². The van der Waals surface area contributed by atoms with Gasteiger partial charge in [-0.05, 0) is 77.1 Å². The number of carboxylic acid groups (broad SMARTS) is 3. The lowest BCUT2D eigenvalue weighted by molar-refractivity contribution is -0.170. The maximum atomic E-state index is 13.9. The standard InChI is InChI=1S/C28H41N3O.C6H8O7/c1-4-5-15-27(30(2)3)16-18-28(19-17-27)25-23(22-12-8-9-13-24(22)29-25)14-20-31(28)26(32)21-10-6-7-11-21;7-3(8)1-6(13,5(11)12)2-4(9)10/h8-9,12-13,21,29H,4-7,10-11,14-20H2,1-3H3;13H,1-2H2,(H,7,8)(H,9,10)(H,11,12). The van der Waals surface area contributed by atoms with Gasteiger partial charge < -0.3 is 35.2 Å². The molecule has 1 amide bonds. The van der Waals surface area contributed by atoms with Crippen molar-refractivity contribution in [1.82, 2.24) is 14.8 Å². The number of hydrogen-bond donors (Lipinski definition) is 5. The highest BCUT2D eigenvalue weighted by Gasteiger charge is 2.53. The molecule has 1 aliphatic heterocycles. The van der Waals surface area contributed by atoms with E-state index >= 15 is 0 Å². The number of carbonyl (C=O) groups is 4. The first-order chi connectivity index (χ1) is 21.3. The second-order valence-corrected chi connectivity index (χ2v) is 13.5. The largest absolute Gasteiger partial charge is 0.481 e. The summed E-state index contributed by atoms with van der Waals surface area (Å²) in [5.74, 6) is -4.33. The van der Waals surface area contributed by atoms with Crippen LogP contribution in [-0.2, 0) is 31.1 Å². The van der Waals surface area contributed by atoms with Crippen LogP contribution in [0.4, 0.5) is 0 Å². The van der Waals surface area contributed by atoms with Crippen LogP contribution in [0, 0.1) is 5.92 Å². The average molecular weight is 628 g/mol. The summed E-state index contributed by atoms with van der Waals surface area (Å²) in [6, 6.07) is 8.75. The Bertz CT molecular complexity index is 1370. The van der Waals surface area contributed by atoms with Gasteiger partial charge in [0.15, 0.2) is 5.60 Å². The lowest BCUT2D eigenvalue weighted by atomic mass is 9.65. The van der Waals surface area contributed by atoms with Gasteiger partial charge in [-0.25, -0.2) is 4.79 Å². The van der Waals surface area contributed by atoms with E-state index in [-0.39, 0.29) is 17.0 Å². The van der Waals surface area contributed by atoms with Crippen LogP contribution in [0.3, 0.4) is 0 Å². The third-order valence-corrected chi connectivity index (χ3v) is 10.6. The summed E-state index contributed by atoms with van der Waals surface area (Å²) in [4.78, 5) is 53.1. The molecule has 1 aromatic carbocycles. The summed E-state index contributed by atoms with van der Waals surface area (Å²) in [5.41, 5.74) is 1.45. The van der Waals surface area contributed by atoms with E-state index in [1.54, 1.807) is 0 Å². The second-order valence-electron chi connectivity index (χ2n) is 13.5. The molecular formula is C34H49N3O8. The Kier molecular flexibility index (Phi) is 10.6. The number of carboxylic acids is 3. The molecule has 2 heterocycles. The maximum absolute atomic E-state index is 13.9. The normalized spacial score (nSPS) is 23.5. The van der Waals surface area contributed by atoms with Crippen molar-refractivity contribution >= 4 is 34.7 Å². The minimum absolute atomic E-state index is 0.155. The minimum Gasteiger partial charge on any atom is -0.481 e. The number of unbranched alkanes of at least 4 members (excludes halogenated alkanes) is 1. The van der Waals surface area contributed by atoms with Gasteiger partial charge in [0.05, 0.1) is 18.4 Å². The number of aromatic amines is 1. The van der Waals surface area contributed by atoms with Gasteiger partial charge >= 0.3 is 17.9 Å². The number of nitrogens with zero attached hydrogens (tertiary/aromatic N) is 2. The molecule has 0 bridgehead atoms. The summed E-state index contributed by atoms with van der Waals surface area (Å²) >= 11 is 0. The van der Waals surface area contributed by atoms with Crippen molar-refractivity contribution in [1.29, 1.82) is 0 Å². The monoisotopic (exact) mass is 627 g/mol. The van der Waals surface area contributed by atoms with Crippen molar-refractivity contribution in [2.24, 2.45) is 5.92 Å². The predicted octanol–water partition coefficient (Wildman–Crippen LogP) is 4.75. The van der Waals surface area contributed by atoms with Crippen LogP contribution < -0.4 is 0 Å².